The summed E-state index contributed by atoms with van der Waals surface area (Å²) >= 11 is 0. The number of nitrogens with one attached hydrogen (secondary N) is 3. The standard InChI is InChI=1S/C22H24N6O3/c1-15-2-4-16(5-3-15)13-24-26-22(31)25-17-6-7-19-18(12-17)20(29)21(30)28(19)14-27-10-8-23-9-11-27/h2-7,12-13,23H,8-11,14H2,1H3,(H2,25,26,31)/b24-13+. The number of ketones is 1. The molecule has 0 spiro atoms. The summed E-state index contributed by atoms with van der Waals surface area (Å²) in [5, 5.41) is 9.81. The van der Waals surface area contributed by atoms with E-state index in [1.54, 1.807) is 12.1 Å². The Morgan fingerprint density at radius 3 is 2.61 bits per heavy atom. The van der Waals surface area contributed by atoms with E-state index in [0.717, 1.165) is 37.3 Å². The van der Waals surface area contributed by atoms with Crippen LogP contribution in [0.25, 0.3) is 0 Å². The molecule has 3 N–H and O–H groups in total. The zero-order valence-corrected chi connectivity index (χ0v) is 17.2. The van der Waals surface area contributed by atoms with Gasteiger partial charge in [-0.05, 0) is 30.7 Å². The molecule has 2 heterocycles. The number of amides is 3. The van der Waals surface area contributed by atoms with Crippen molar-refractivity contribution >= 4 is 35.3 Å². The van der Waals surface area contributed by atoms with Crippen LogP contribution in [0.4, 0.5) is 16.2 Å². The summed E-state index contributed by atoms with van der Waals surface area (Å²) in [6.45, 7) is 5.71. The number of hydrogen-bond donors (Lipinski definition) is 3. The zero-order chi connectivity index (χ0) is 21.8. The minimum Gasteiger partial charge on any atom is -0.314 e. The number of Topliss-reactive ketones (excluding diaryl/α,β-unsaturated/α-hetero) is 1. The largest absolute Gasteiger partial charge is 0.339 e. The fraction of sp³-hybridized carbons (Fsp3) is 0.273. The van der Waals surface area contributed by atoms with E-state index in [4.69, 9.17) is 0 Å². The van der Waals surface area contributed by atoms with Crippen molar-refractivity contribution in [1.29, 1.82) is 0 Å². The molecule has 2 aromatic rings. The van der Waals surface area contributed by atoms with Crippen LogP contribution in [-0.2, 0) is 4.79 Å². The molecule has 3 amide bonds. The van der Waals surface area contributed by atoms with Gasteiger partial charge < -0.3 is 10.6 Å². The summed E-state index contributed by atoms with van der Waals surface area (Å²) in [7, 11) is 0. The van der Waals surface area contributed by atoms with E-state index in [1.165, 1.54) is 17.2 Å². The van der Waals surface area contributed by atoms with Crippen LogP contribution in [0.2, 0.25) is 0 Å². The number of benzene rings is 2. The first kappa shape index (κ1) is 20.7. The van der Waals surface area contributed by atoms with Gasteiger partial charge in [0.25, 0.3) is 5.78 Å². The highest BCUT2D eigenvalue weighted by molar-refractivity contribution is 6.52. The van der Waals surface area contributed by atoms with Crippen LogP contribution in [0.15, 0.2) is 47.6 Å². The Hall–Kier alpha value is -3.56. The van der Waals surface area contributed by atoms with Crippen molar-refractivity contribution in [1.82, 2.24) is 15.6 Å². The fourth-order valence-corrected chi connectivity index (χ4v) is 3.55. The van der Waals surface area contributed by atoms with Crippen LogP contribution in [-0.4, -0.2) is 61.7 Å². The predicted molar refractivity (Wildman–Crippen MR) is 118 cm³/mol. The van der Waals surface area contributed by atoms with E-state index in [2.05, 4.69) is 26.1 Å². The van der Waals surface area contributed by atoms with Crippen LogP contribution in [0, 0.1) is 6.92 Å². The van der Waals surface area contributed by atoms with Crippen LogP contribution in [0.3, 0.4) is 0 Å². The SMILES string of the molecule is Cc1ccc(/C=N/NC(=O)Nc2ccc3c(c2)C(=O)C(=O)N3CN2CCNCC2)cc1. The molecule has 0 unspecified atom stereocenters. The number of hydrazone groups is 1. The van der Waals surface area contributed by atoms with Gasteiger partial charge in [-0.1, -0.05) is 29.8 Å². The Balaban J connectivity index is 1.39. The van der Waals surface area contributed by atoms with E-state index in [9.17, 15) is 14.4 Å². The third-order valence-corrected chi connectivity index (χ3v) is 5.24. The minimum atomic E-state index is -0.563. The number of urea groups is 1. The average Bonchev–Trinajstić information content (AvgIpc) is 3.00. The van der Waals surface area contributed by atoms with Gasteiger partial charge in [0, 0.05) is 31.9 Å². The second-order valence-electron chi connectivity index (χ2n) is 7.54. The van der Waals surface area contributed by atoms with Crippen molar-refractivity contribution in [2.24, 2.45) is 5.10 Å². The van der Waals surface area contributed by atoms with Crippen LogP contribution >= 0.6 is 0 Å². The molecule has 0 bridgehead atoms. The van der Waals surface area contributed by atoms with Crippen molar-refractivity contribution in [2.75, 3.05) is 43.1 Å². The van der Waals surface area contributed by atoms with Crippen molar-refractivity contribution in [3.8, 4) is 0 Å². The lowest BCUT2D eigenvalue weighted by Crippen LogP contribution is -2.49. The van der Waals surface area contributed by atoms with Gasteiger partial charge in [0.2, 0.25) is 0 Å². The van der Waals surface area contributed by atoms with Gasteiger partial charge in [0.15, 0.2) is 0 Å². The van der Waals surface area contributed by atoms with Crippen LogP contribution in [0.1, 0.15) is 21.5 Å². The molecule has 2 aliphatic rings. The zero-order valence-electron chi connectivity index (χ0n) is 17.2. The maximum absolute atomic E-state index is 12.5. The van der Waals surface area contributed by atoms with Crippen molar-refractivity contribution in [3.05, 3.63) is 59.2 Å². The number of nitrogens with zero attached hydrogens (tertiary/aromatic N) is 3. The molecular weight excluding hydrogens is 396 g/mol. The Labute approximate surface area is 180 Å². The van der Waals surface area contributed by atoms with Crippen molar-refractivity contribution in [2.45, 2.75) is 6.92 Å². The first-order valence-corrected chi connectivity index (χ1v) is 10.1. The van der Waals surface area contributed by atoms with Crippen molar-refractivity contribution in [3.63, 3.8) is 0 Å². The lowest BCUT2D eigenvalue weighted by Gasteiger charge is -2.31. The van der Waals surface area contributed by atoms with Crippen LogP contribution in [0.5, 0.6) is 0 Å². The number of carbonyl (C=O) groups excluding carboxylic acids is 3. The number of piperazine rings is 1. The maximum Gasteiger partial charge on any atom is 0.339 e. The van der Waals surface area contributed by atoms with Gasteiger partial charge in [0.1, 0.15) is 0 Å². The quantitative estimate of drug-likeness (QED) is 0.387. The highest BCUT2D eigenvalue weighted by Gasteiger charge is 2.37. The number of fused-ring (bicyclic) bond motifs is 1. The Morgan fingerprint density at radius 1 is 1.13 bits per heavy atom. The summed E-state index contributed by atoms with van der Waals surface area (Å²) in [5.74, 6) is -1.11. The number of hydrogen-bond acceptors (Lipinski definition) is 6. The molecule has 0 aliphatic carbocycles. The molecule has 1 saturated heterocycles. The lowest BCUT2D eigenvalue weighted by molar-refractivity contribution is -0.114. The van der Waals surface area contributed by atoms with E-state index < -0.39 is 17.7 Å². The highest BCUT2D eigenvalue weighted by atomic mass is 16.2. The van der Waals surface area contributed by atoms with Gasteiger partial charge in [-0.3, -0.25) is 19.4 Å². The Bertz CT molecular complexity index is 1030. The molecule has 2 aromatic carbocycles. The molecular formula is C22H24N6O3. The lowest BCUT2D eigenvalue weighted by atomic mass is 10.1. The molecule has 9 nitrogen and oxygen atoms in total. The Kier molecular flexibility index (Phi) is 6.06. The first-order valence-electron chi connectivity index (χ1n) is 10.1. The summed E-state index contributed by atoms with van der Waals surface area (Å²) in [4.78, 5) is 40.7. The van der Waals surface area contributed by atoms with E-state index >= 15 is 0 Å². The number of anilines is 2. The van der Waals surface area contributed by atoms with Gasteiger partial charge in [0.05, 0.1) is 24.1 Å². The van der Waals surface area contributed by atoms with Gasteiger partial charge in [-0.15, -0.1) is 0 Å². The fourth-order valence-electron chi connectivity index (χ4n) is 3.55. The van der Waals surface area contributed by atoms with Crippen molar-refractivity contribution < 1.29 is 14.4 Å². The van der Waals surface area contributed by atoms with Crippen LogP contribution < -0.4 is 21.0 Å². The second-order valence-corrected chi connectivity index (χ2v) is 7.54. The molecule has 2 aliphatic heterocycles. The highest BCUT2D eigenvalue weighted by Crippen LogP contribution is 2.31. The maximum atomic E-state index is 12.5. The van der Waals surface area contributed by atoms with E-state index in [0.29, 0.717) is 23.6 Å². The molecule has 0 radical (unpaired) electrons. The normalized spacial score (nSPS) is 16.6. The summed E-state index contributed by atoms with van der Waals surface area (Å²) in [6.07, 6.45) is 1.54. The Morgan fingerprint density at radius 2 is 1.87 bits per heavy atom. The number of carbonyl (C=O) groups is 3. The summed E-state index contributed by atoms with van der Waals surface area (Å²) in [6, 6.07) is 12.0. The molecule has 31 heavy (non-hydrogen) atoms. The molecule has 0 saturated carbocycles. The average molecular weight is 420 g/mol. The third-order valence-electron chi connectivity index (χ3n) is 5.24. The van der Waals surface area contributed by atoms with Gasteiger partial charge in [-0.25, -0.2) is 10.2 Å². The van der Waals surface area contributed by atoms with Gasteiger partial charge >= 0.3 is 11.9 Å². The molecule has 4 rings (SSSR count). The molecule has 0 atom stereocenters. The number of aryl methyl sites for hydroxylation is 1. The third kappa shape index (κ3) is 4.79. The summed E-state index contributed by atoms with van der Waals surface area (Å²) < 4.78 is 0. The molecule has 9 heteroatoms. The predicted octanol–water partition coefficient (Wildman–Crippen LogP) is 1.54. The van der Waals surface area contributed by atoms with E-state index in [-0.39, 0.29) is 0 Å². The topological polar surface area (TPSA) is 106 Å². The minimum absolute atomic E-state index is 0.293. The molecule has 0 aromatic heterocycles. The number of rotatable bonds is 5. The molecule has 160 valence electrons. The van der Waals surface area contributed by atoms with E-state index in [1.807, 2.05) is 31.2 Å². The smallest absolute Gasteiger partial charge is 0.314 e. The van der Waals surface area contributed by atoms with Gasteiger partial charge in [-0.2, -0.15) is 5.10 Å². The first-order chi connectivity index (χ1) is 15.0. The summed E-state index contributed by atoms with van der Waals surface area (Å²) in [5.41, 5.74) is 5.65. The second kappa shape index (κ2) is 9.07. The molecule has 1 fully saturated rings. The monoisotopic (exact) mass is 420 g/mol.